The average Bonchev–Trinajstić information content (AvgIpc) is 2.57. The van der Waals surface area contributed by atoms with Crippen LogP contribution in [0.25, 0.3) is 0 Å². The van der Waals surface area contributed by atoms with Crippen LogP contribution in [0.3, 0.4) is 0 Å². The van der Waals surface area contributed by atoms with Crippen molar-refractivity contribution < 1.29 is 13.2 Å². The first-order valence-corrected chi connectivity index (χ1v) is 8.64. The molecule has 5 nitrogen and oxygen atoms in total. The molecule has 0 saturated carbocycles. The van der Waals surface area contributed by atoms with E-state index < -0.39 is 10.0 Å². The van der Waals surface area contributed by atoms with Gasteiger partial charge in [-0.3, -0.25) is 0 Å². The van der Waals surface area contributed by atoms with Gasteiger partial charge in [-0.05, 0) is 36.4 Å². The molecule has 1 aliphatic rings. The Morgan fingerprint density at radius 1 is 0.864 bits per heavy atom. The van der Waals surface area contributed by atoms with Gasteiger partial charge in [-0.1, -0.05) is 18.2 Å². The third kappa shape index (κ3) is 3.30. The van der Waals surface area contributed by atoms with Crippen LogP contribution >= 0.6 is 0 Å². The van der Waals surface area contributed by atoms with Gasteiger partial charge in [-0.2, -0.15) is 4.31 Å². The van der Waals surface area contributed by atoms with Crippen LogP contribution in [0.15, 0.2) is 59.5 Å². The summed E-state index contributed by atoms with van der Waals surface area (Å²) in [5.74, 6) is 1.34. The monoisotopic (exact) mass is 318 g/mol. The lowest BCUT2D eigenvalue weighted by Gasteiger charge is -2.26. The number of hydrogen-bond donors (Lipinski definition) is 1. The summed E-state index contributed by atoms with van der Waals surface area (Å²) < 4.78 is 32.2. The molecule has 1 N–H and O–H groups in total. The van der Waals surface area contributed by atoms with Crippen molar-refractivity contribution in [1.82, 2.24) is 9.62 Å². The maximum absolute atomic E-state index is 12.5. The van der Waals surface area contributed by atoms with Crippen molar-refractivity contribution in [2.45, 2.75) is 4.90 Å². The van der Waals surface area contributed by atoms with Gasteiger partial charge < -0.3 is 10.1 Å². The lowest BCUT2D eigenvalue weighted by Crippen LogP contribution is -2.46. The highest BCUT2D eigenvalue weighted by Crippen LogP contribution is 2.24. The van der Waals surface area contributed by atoms with Crippen LogP contribution in [0.1, 0.15) is 0 Å². The highest BCUT2D eigenvalue weighted by molar-refractivity contribution is 7.89. The van der Waals surface area contributed by atoms with Gasteiger partial charge in [0.05, 0.1) is 4.90 Å². The third-order valence-electron chi connectivity index (χ3n) is 3.52. The number of sulfonamides is 1. The Morgan fingerprint density at radius 2 is 1.45 bits per heavy atom. The molecule has 3 rings (SSSR count). The molecule has 116 valence electrons. The van der Waals surface area contributed by atoms with Crippen LogP contribution in [0.2, 0.25) is 0 Å². The van der Waals surface area contributed by atoms with Crippen LogP contribution in [0.4, 0.5) is 0 Å². The first kappa shape index (κ1) is 15.0. The number of para-hydroxylation sites is 1. The van der Waals surface area contributed by atoms with Crippen molar-refractivity contribution in [2.24, 2.45) is 0 Å². The zero-order valence-electron chi connectivity index (χ0n) is 12.1. The second-order valence-corrected chi connectivity index (χ2v) is 6.98. The first-order chi connectivity index (χ1) is 10.7. The molecule has 0 unspecified atom stereocenters. The van der Waals surface area contributed by atoms with E-state index in [1.165, 1.54) is 4.31 Å². The van der Waals surface area contributed by atoms with Gasteiger partial charge in [0.15, 0.2) is 0 Å². The third-order valence-corrected chi connectivity index (χ3v) is 5.43. The van der Waals surface area contributed by atoms with Crippen LogP contribution in [-0.2, 0) is 10.0 Å². The zero-order valence-corrected chi connectivity index (χ0v) is 12.9. The van der Waals surface area contributed by atoms with Crippen LogP contribution in [-0.4, -0.2) is 38.9 Å². The predicted octanol–water partition coefficient (Wildman–Crippen LogP) is 2.07. The lowest BCUT2D eigenvalue weighted by molar-refractivity contribution is 0.360. The Hall–Kier alpha value is -1.89. The molecule has 2 aromatic rings. The Kier molecular flexibility index (Phi) is 4.42. The van der Waals surface area contributed by atoms with Gasteiger partial charge in [-0.15, -0.1) is 0 Å². The highest BCUT2D eigenvalue weighted by Gasteiger charge is 2.25. The summed E-state index contributed by atoms with van der Waals surface area (Å²) in [5, 5.41) is 3.15. The van der Waals surface area contributed by atoms with Crippen molar-refractivity contribution >= 4 is 10.0 Å². The maximum Gasteiger partial charge on any atom is 0.243 e. The summed E-state index contributed by atoms with van der Waals surface area (Å²) in [5.41, 5.74) is 0. The fourth-order valence-corrected chi connectivity index (χ4v) is 3.78. The van der Waals surface area contributed by atoms with Crippen molar-refractivity contribution in [1.29, 1.82) is 0 Å². The Labute approximate surface area is 130 Å². The fraction of sp³-hybridized carbons (Fsp3) is 0.250. The predicted molar refractivity (Wildman–Crippen MR) is 84.6 cm³/mol. The number of benzene rings is 2. The molecule has 0 bridgehead atoms. The van der Waals surface area contributed by atoms with E-state index in [0.717, 1.165) is 5.75 Å². The van der Waals surface area contributed by atoms with Gasteiger partial charge in [-0.25, -0.2) is 8.42 Å². The Balaban J connectivity index is 1.76. The molecule has 0 aromatic heterocycles. The van der Waals surface area contributed by atoms with Crippen molar-refractivity contribution in [3.05, 3.63) is 54.6 Å². The molecule has 1 heterocycles. The summed E-state index contributed by atoms with van der Waals surface area (Å²) in [6.07, 6.45) is 0. The van der Waals surface area contributed by atoms with E-state index >= 15 is 0 Å². The summed E-state index contributed by atoms with van der Waals surface area (Å²) in [4.78, 5) is 0.301. The van der Waals surface area contributed by atoms with E-state index in [1.807, 2.05) is 30.3 Å². The summed E-state index contributed by atoms with van der Waals surface area (Å²) >= 11 is 0. The van der Waals surface area contributed by atoms with E-state index in [-0.39, 0.29) is 0 Å². The number of hydrogen-bond acceptors (Lipinski definition) is 4. The molecule has 1 saturated heterocycles. The molecule has 6 heteroatoms. The van der Waals surface area contributed by atoms with Crippen molar-refractivity contribution in [2.75, 3.05) is 26.2 Å². The molecular formula is C16H18N2O3S. The topological polar surface area (TPSA) is 58.6 Å². The van der Waals surface area contributed by atoms with E-state index in [1.54, 1.807) is 24.3 Å². The quantitative estimate of drug-likeness (QED) is 0.937. The van der Waals surface area contributed by atoms with Crippen LogP contribution in [0.5, 0.6) is 11.5 Å². The summed E-state index contributed by atoms with van der Waals surface area (Å²) in [6.45, 7) is 2.39. The smallest absolute Gasteiger partial charge is 0.243 e. The molecule has 0 spiro atoms. The summed E-state index contributed by atoms with van der Waals surface area (Å²) in [7, 11) is -3.41. The zero-order chi connectivity index (χ0) is 15.4. The van der Waals surface area contributed by atoms with E-state index in [2.05, 4.69) is 5.32 Å². The molecular weight excluding hydrogens is 300 g/mol. The minimum Gasteiger partial charge on any atom is -0.457 e. The molecule has 22 heavy (non-hydrogen) atoms. The second kappa shape index (κ2) is 6.48. The molecule has 2 aromatic carbocycles. The van der Waals surface area contributed by atoms with Gasteiger partial charge >= 0.3 is 0 Å². The lowest BCUT2D eigenvalue weighted by atomic mass is 10.3. The molecule has 1 aliphatic heterocycles. The van der Waals surface area contributed by atoms with Crippen molar-refractivity contribution in [3.63, 3.8) is 0 Å². The first-order valence-electron chi connectivity index (χ1n) is 7.20. The van der Waals surface area contributed by atoms with Crippen LogP contribution in [0, 0.1) is 0 Å². The fourth-order valence-electron chi connectivity index (χ4n) is 2.34. The Morgan fingerprint density at radius 3 is 2.09 bits per heavy atom. The number of piperazine rings is 1. The molecule has 0 radical (unpaired) electrons. The largest absolute Gasteiger partial charge is 0.457 e. The van der Waals surface area contributed by atoms with Gasteiger partial charge in [0.2, 0.25) is 10.0 Å². The van der Waals surface area contributed by atoms with Crippen LogP contribution < -0.4 is 10.1 Å². The SMILES string of the molecule is O=S(=O)(c1ccc(Oc2ccccc2)cc1)N1CCNCC1. The summed E-state index contributed by atoms with van der Waals surface area (Å²) in [6, 6.07) is 15.9. The van der Waals surface area contributed by atoms with Gasteiger partial charge in [0.25, 0.3) is 0 Å². The average molecular weight is 318 g/mol. The van der Waals surface area contributed by atoms with Gasteiger partial charge in [0, 0.05) is 26.2 Å². The molecule has 0 atom stereocenters. The van der Waals surface area contributed by atoms with E-state index in [4.69, 9.17) is 4.74 Å². The standard InChI is InChI=1S/C16H18N2O3S/c19-22(20,18-12-10-17-11-13-18)16-8-6-15(7-9-16)21-14-4-2-1-3-5-14/h1-9,17H,10-13H2. The highest BCUT2D eigenvalue weighted by atomic mass is 32.2. The molecule has 1 fully saturated rings. The molecule has 0 aliphatic carbocycles. The number of ether oxygens (including phenoxy) is 1. The maximum atomic E-state index is 12.5. The minimum absolute atomic E-state index is 0.301. The number of rotatable bonds is 4. The number of nitrogens with zero attached hydrogens (tertiary/aromatic N) is 1. The van der Waals surface area contributed by atoms with Gasteiger partial charge in [0.1, 0.15) is 11.5 Å². The van der Waals surface area contributed by atoms with E-state index in [0.29, 0.717) is 36.8 Å². The minimum atomic E-state index is -3.41. The number of nitrogens with one attached hydrogen (secondary N) is 1. The second-order valence-electron chi connectivity index (χ2n) is 5.04. The van der Waals surface area contributed by atoms with Crippen molar-refractivity contribution in [3.8, 4) is 11.5 Å². The Bertz CT molecular complexity index is 709. The normalized spacial score (nSPS) is 16.4. The van der Waals surface area contributed by atoms with E-state index in [9.17, 15) is 8.42 Å². The molecule has 0 amide bonds.